The number of hydrogen-bond acceptors (Lipinski definition) is 3. The summed E-state index contributed by atoms with van der Waals surface area (Å²) >= 11 is 1.61. The average molecular weight is 294 g/mol. The van der Waals surface area contributed by atoms with Crippen molar-refractivity contribution in [1.82, 2.24) is 4.98 Å². The first kappa shape index (κ1) is 13.3. The predicted octanol–water partition coefficient (Wildman–Crippen LogP) is 3.21. The highest BCUT2D eigenvalue weighted by Gasteiger charge is 2.07. The van der Waals surface area contributed by atoms with Crippen molar-refractivity contribution in [2.75, 3.05) is 0 Å². The molecule has 0 saturated heterocycles. The van der Waals surface area contributed by atoms with E-state index >= 15 is 0 Å². The Morgan fingerprint density at radius 1 is 1.19 bits per heavy atom. The molecule has 3 rings (SSSR count). The van der Waals surface area contributed by atoms with Crippen LogP contribution in [0.15, 0.2) is 59.7 Å². The second kappa shape index (κ2) is 5.38. The van der Waals surface area contributed by atoms with Gasteiger partial charge in [0.05, 0.1) is 16.1 Å². The normalized spacial score (nSPS) is 10.5. The van der Waals surface area contributed by atoms with Crippen molar-refractivity contribution in [3.63, 3.8) is 0 Å². The Balaban J connectivity index is 2.18. The average Bonchev–Trinajstić information content (AvgIpc) is 2.99. The number of aromatic nitrogens is 1. The van der Waals surface area contributed by atoms with E-state index in [9.17, 15) is 0 Å². The zero-order valence-electron chi connectivity index (χ0n) is 11.3. The van der Waals surface area contributed by atoms with Crippen LogP contribution in [0.4, 0.5) is 0 Å². The standard InChI is InChI=1S/C16H14N4S/c1-10(20-16(17)18)12-6-5-11-3-2-4-13(14(11)7-12)15-8-19-9-21-15/h2-9H,1H2,(H4,17,18,20). The lowest BCUT2D eigenvalue weighted by Crippen LogP contribution is -2.22. The van der Waals surface area contributed by atoms with Gasteiger partial charge in [-0.2, -0.15) is 0 Å². The Bertz CT molecular complexity index is 831. The number of aliphatic imine (C=N–C) groups is 1. The number of hydrogen-bond donors (Lipinski definition) is 2. The summed E-state index contributed by atoms with van der Waals surface area (Å²) in [6, 6.07) is 12.3. The van der Waals surface area contributed by atoms with Crippen molar-refractivity contribution in [2.24, 2.45) is 16.5 Å². The molecule has 0 aliphatic carbocycles. The Morgan fingerprint density at radius 2 is 2.05 bits per heavy atom. The molecule has 0 atom stereocenters. The highest BCUT2D eigenvalue weighted by atomic mass is 32.1. The molecule has 0 aliphatic heterocycles. The van der Waals surface area contributed by atoms with E-state index in [1.165, 1.54) is 0 Å². The minimum atomic E-state index is 0.0100. The SMILES string of the molecule is C=C(N=C(N)N)c1ccc2cccc(-c3cncs3)c2c1. The van der Waals surface area contributed by atoms with Gasteiger partial charge in [-0.3, -0.25) is 4.98 Å². The van der Waals surface area contributed by atoms with Crippen LogP contribution in [-0.4, -0.2) is 10.9 Å². The number of rotatable bonds is 3. The number of nitrogens with two attached hydrogens (primary N) is 2. The van der Waals surface area contributed by atoms with Crippen molar-refractivity contribution < 1.29 is 0 Å². The zero-order chi connectivity index (χ0) is 14.8. The molecule has 4 nitrogen and oxygen atoms in total. The Hall–Kier alpha value is -2.66. The van der Waals surface area contributed by atoms with E-state index in [0.29, 0.717) is 5.70 Å². The first-order valence-corrected chi connectivity index (χ1v) is 7.23. The molecule has 0 amide bonds. The minimum Gasteiger partial charge on any atom is -0.370 e. The lowest BCUT2D eigenvalue weighted by molar-refractivity contribution is 1.42. The third kappa shape index (κ3) is 2.64. The van der Waals surface area contributed by atoms with Gasteiger partial charge in [0, 0.05) is 17.3 Å². The zero-order valence-corrected chi connectivity index (χ0v) is 12.1. The van der Waals surface area contributed by atoms with E-state index in [4.69, 9.17) is 11.5 Å². The van der Waals surface area contributed by atoms with Crippen LogP contribution in [0.25, 0.3) is 26.9 Å². The Kier molecular flexibility index (Phi) is 3.41. The highest BCUT2D eigenvalue weighted by Crippen LogP contribution is 2.32. The number of nitrogens with zero attached hydrogens (tertiary/aromatic N) is 2. The van der Waals surface area contributed by atoms with Crippen LogP contribution in [0.2, 0.25) is 0 Å². The summed E-state index contributed by atoms with van der Waals surface area (Å²) in [6.07, 6.45) is 1.87. The molecule has 2 aromatic carbocycles. The van der Waals surface area contributed by atoms with Crippen molar-refractivity contribution in [3.05, 3.63) is 60.2 Å². The van der Waals surface area contributed by atoms with Crippen LogP contribution in [-0.2, 0) is 0 Å². The largest absolute Gasteiger partial charge is 0.370 e. The summed E-state index contributed by atoms with van der Waals surface area (Å²) in [6.45, 7) is 3.91. The van der Waals surface area contributed by atoms with E-state index in [1.807, 2.05) is 29.9 Å². The molecule has 4 N–H and O–H groups in total. The number of fused-ring (bicyclic) bond motifs is 1. The molecule has 21 heavy (non-hydrogen) atoms. The lowest BCUT2D eigenvalue weighted by atomic mass is 10.0. The van der Waals surface area contributed by atoms with E-state index in [0.717, 1.165) is 26.8 Å². The maximum atomic E-state index is 5.41. The van der Waals surface area contributed by atoms with Gasteiger partial charge < -0.3 is 11.5 Å². The molecule has 5 heteroatoms. The summed E-state index contributed by atoms with van der Waals surface area (Å²) < 4.78 is 0. The summed E-state index contributed by atoms with van der Waals surface area (Å²) in [5.41, 5.74) is 15.2. The van der Waals surface area contributed by atoms with E-state index in [-0.39, 0.29) is 5.96 Å². The van der Waals surface area contributed by atoms with Crippen molar-refractivity contribution >= 4 is 33.8 Å². The first-order chi connectivity index (χ1) is 10.1. The minimum absolute atomic E-state index is 0.0100. The summed E-state index contributed by atoms with van der Waals surface area (Å²) in [7, 11) is 0. The van der Waals surface area contributed by atoms with Crippen molar-refractivity contribution in [3.8, 4) is 10.4 Å². The van der Waals surface area contributed by atoms with E-state index < -0.39 is 0 Å². The van der Waals surface area contributed by atoms with Crippen LogP contribution in [0.5, 0.6) is 0 Å². The Labute approximate surface area is 126 Å². The molecule has 0 spiro atoms. The van der Waals surface area contributed by atoms with E-state index in [1.54, 1.807) is 11.3 Å². The van der Waals surface area contributed by atoms with Crippen LogP contribution in [0, 0.1) is 0 Å². The fourth-order valence-electron chi connectivity index (χ4n) is 2.24. The second-order valence-corrected chi connectivity index (χ2v) is 5.48. The molecule has 1 aromatic heterocycles. The summed E-state index contributed by atoms with van der Waals surface area (Å²) in [5.74, 6) is 0.0100. The van der Waals surface area contributed by atoms with Gasteiger partial charge in [-0.1, -0.05) is 36.9 Å². The molecular formula is C16H14N4S. The quantitative estimate of drug-likeness (QED) is 0.575. The van der Waals surface area contributed by atoms with Gasteiger partial charge in [0.2, 0.25) is 0 Å². The molecule has 104 valence electrons. The molecule has 0 saturated carbocycles. The van der Waals surface area contributed by atoms with Crippen LogP contribution < -0.4 is 11.5 Å². The number of benzene rings is 2. The topological polar surface area (TPSA) is 77.3 Å². The monoisotopic (exact) mass is 294 g/mol. The fourth-order valence-corrected chi connectivity index (χ4v) is 2.90. The van der Waals surface area contributed by atoms with Gasteiger partial charge in [-0.05, 0) is 16.8 Å². The van der Waals surface area contributed by atoms with Crippen LogP contribution >= 0.6 is 11.3 Å². The third-order valence-electron chi connectivity index (χ3n) is 3.18. The lowest BCUT2D eigenvalue weighted by Gasteiger charge is -2.07. The molecule has 1 heterocycles. The van der Waals surface area contributed by atoms with Gasteiger partial charge >= 0.3 is 0 Å². The fraction of sp³-hybridized carbons (Fsp3) is 0. The van der Waals surface area contributed by atoms with Gasteiger partial charge in [-0.15, -0.1) is 11.3 Å². The van der Waals surface area contributed by atoms with Gasteiger partial charge in [-0.25, -0.2) is 4.99 Å². The van der Waals surface area contributed by atoms with Crippen LogP contribution in [0.3, 0.4) is 0 Å². The van der Waals surface area contributed by atoms with Gasteiger partial charge in [0.25, 0.3) is 0 Å². The van der Waals surface area contributed by atoms with Gasteiger partial charge in [0.15, 0.2) is 5.96 Å². The van der Waals surface area contributed by atoms with Crippen molar-refractivity contribution in [1.29, 1.82) is 0 Å². The van der Waals surface area contributed by atoms with E-state index in [2.05, 4.69) is 34.8 Å². The molecule has 0 unspecified atom stereocenters. The molecule has 0 bridgehead atoms. The van der Waals surface area contributed by atoms with Crippen molar-refractivity contribution in [2.45, 2.75) is 0 Å². The third-order valence-corrected chi connectivity index (χ3v) is 3.98. The summed E-state index contributed by atoms with van der Waals surface area (Å²) in [4.78, 5) is 9.29. The number of thiazole rings is 1. The molecule has 0 fully saturated rings. The van der Waals surface area contributed by atoms with Crippen LogP contribution in [0.1, 0.15) is 5.56 Å². The first-order valence-electron chi connectivity index (χ1n) is 6.36. The Morgan fingerprint density at radius 3 is 2.76 bits per heavy atom. The second-order valence-electron chi connectivity index (χ2n) is 4.59. The smallest absolute Gasteiger partial charge is 0.191 e. The van der Waals surface area contributed by atoms with Gasteiger partial charge in [0.1, 0.15) is 0 Å². The molecule has 0 radical (unpaired) electrons. The molecule has 0 aliphatic rings. The number of guanidine groups is 1. The molecule has 3 aromatic rings. The molecular weight excluding hydrogens is 280 g/mol. The highest BCUT2D eigenvalue weighted by molar-refractivity contribution is 7.13. The summed E-state index contributed by atoms with van der Waals surface area (Å²) in [5, 5.41) is 2.29. The predicted molar refractivity (Wildman–Crippen MR) is 89.9 cm³/mol. The maximum absolute atomic E-state index is 5.41. The maximum Gasteiger partial charge on any atom is 0.191 e.